The van der Waals surface area contributed by atoms with Crippen molar-refractivity contribution in [3.8, 4) is 0 Å². The fraction of sp³-hybridized carbons (Fsp3) is 1.00. The van der Waals surface area contributed by atoms with Crippen LogP contribution >= 0.6 is 7.74 Å². The first-order valence-corrected chi connectivity index (χ1v) is 5.88. The molecule has 0 radical (unpaired) electrons. The molecule has 0 bridgehead atoms. The van der Waals surface area contributed by atoms with E-state index in [2.05, 4.69) is 13.2 Å². The van der Waals surface area contributed by atoms with Gasteiger partial charge in [-0.1, -0.05) is 0 Å². The van der Waals surface area contributed by atoms with Crippen LogP contribution in [0.1, 0.15) is 0 Å². The summed E-state index contributed by atoms with van der Waals surface area (Å²) in [6.07, 6.45) is 0.843. The van der Waals surface area contributed by atoms with E-state index in [1.165, 1.54) is 0 Å². The van der Waals surface area contributed by atoms with Crippen molar-refractivity contribution in [2.24, 2.45) is 4.15 Å². The molecule has 0 aromatic rings. The van der Waals surface area contributed by atoms with Gasteiger partial charge in [-0.15, -0.1) is 4.15 Å². The molecule has 0 aliphatic rings. The summed E-state index contributed by atoms with van der Waals surface area (Å²) in [7, 11) is -4.91. The van der Waals surface area contributed by atoms with E-state index in [9.17, 15) is 8.42 Å². The zero-order valence-corrected chi connectivity index (χ0v) is 8.09. The smallest absolute Gasteiger partial charge is 0.318 e. The third-order valence-electron chi connectivity index (χ3n) is 0.727. The van der Waals surface area contributed by atoms with Crippen LogP contribution in [0.25, 0.3) is 0 Å². The van der Waals surface area contributed by atoms with Gasteiger partial charge in [0, 0.05) is 14.2 Å². The summed E-state index contributed by atoms with van der Waals surface area (Å²) in [6.45, 7) is 0. The summed E-state index contributed by atoms with van der Waals surface area (Å²) in [5.74, 6) is 0. The van der Waals surface area contributed by atoms with Crippen LogP contribution in [0.3, 0.4) is 0 Å². The Bertz CT molecular complexity index is 261. The number of nitrogens with zero attached hydrogens (tertiary/aromatic N) is 1. The van der Waals surface area contributed by atoms with Crippen molar-refractivity contribution in [1.82, 2.24) is 0 Å². The second kappa shape index (κ2) is 3.64. The summed E-state index contributed by atoms with van der Waals surface area (Å²) >= 11 is 0. The molecular weight excluding hydrogens is 193 g/mol. The standard InChI is InChI=1S/C3H10NO5PS/c1-8-10(5,9-2)4-11(3,6)7/h5H,1-3H3. The second-order valence-electron chi connectivity index (χ2n) is 1.67. The zero-order valence-electron chi connectivity index (χ0n) is 6.38. The third kappa shape index (κ3) is 4.49. The van der Waals surface area contributed by atoms with E-state index in [0.29, 0.717) is 0 Å². The van der Waals surface area contributed by atoms with Crippen molar-refractivity contribution >= 4 is 17.8 Å². The Hall–Kier alpha value is 0.0600. The molecule has 0 atom stereocenters. The van der Waals surface area contributed by atoms with Crippen LogP contribution in [0.2, 0.25) is 0 Å². The zero-order chi connectivity index (χ0) is 9.12. The first-order chi connectivity index (χ1) is 4.83. The molecule has 0 saturated carbocycles. The Kier molecular flexibility index (Phi) is 3.66. The molecule has 68 valence electrons. The Morgan fingerprint density at radius 1 is 1.36 bits per heavy atom. The van der Waals surface area contributed by atoms with Gasteiger partial charge in [-0.2, -0.15) is 0 Å². The molecule has 0 fully saturated rings. The minimum Gasteiger partial charge on any atom is -0.318 e. The van der Waals surface area contributed by atoms with Gasteiger partial charge in [0.25, 0.3) is 10.0 Å². The molecule has 0 unspecified atom stereocenters. The Morgan fingerprint density at radius 3 is 1.82 bits per heavy atom. The molecule has 0 amide bonds. The fourth-order valence-electron chi connectivity index (χ4n) is 0.329. The van der Waals surface area contributed by atoms with Gasteiger partial charge < -0.3 is 13.9 Å². The normalized spacial score (nSPS) is 13.1. The number of hydrogen-bond donors (Lipinski definition) is 1. The van der Waals surface area contributed by atoms with Crippen molar-refractivity contribution in [3.05, 3.63) is 0 Å². The first-order valence-electron chi connectivity index (χ1n) is 2.51. The predicted molar refractivity (Wildman–Crippen MR) is 40.4 cm³/mol. The maximum Gasteiger partial charge on any atom is 0.367 e. The van der Waals surface area contributed by atoms with E-state index in [4.69, 9.17) is 4.89 Å². The summed E-state index contributed by atoms with van der Waals surface area (Å²) in [5, 5.41) is 0. The molecule has 0 aliphatic carbocycles. The van der Waals surface area contributed by atoms with Crippen LogP contribution in [0, 0.1) is 0 Å². The van der Waals surface area contributed by atoms with Crippen LogP contribution in [0.5, 0.6) is 0 Å². The Balaban J connectivity index is 4.92. The lowest BCUT2D eigenvalue weighted by Gasteiger charge is -2.10. The first kappa shape index (κ1) is 11.1. The minimum atomic E-state index is -3.63. The van der Waals surface area contributed by atoms with Crippen LogP contribution in [0.15, 0.2) is 4.15 Å². The van der Waals surface area contributed by atoms with Gasteiger partial charge in [-0.05, 0) is 0 Å². The fourth-order valence-corrected chi connectivity index (χ4v) is 2.51. The van der Waals surface area contributed by atoms with E-state index in [-0.39, 0.29) is 0 Å². The average Bonchev–Trinajstić information content (AvgIpc) is 1.84. The van der Waals surface area contributed by atoms with Crippen molar-refractivity contribution < 1.29 is 22.4 Å². The second-order valence-corrected chi connectivity index (χ2v) is 5.50. The van der Waals surface area contributed by atoms with Gasteiger partial charge in [-0.3, -0.25) is 0 Å². The summed E-state index contributed by atoms with van der Waals surface area (Å²) in [4.78, 5) is 9.09. The van der Waals surface area contributed by atoms with Crippen molar-refractivity contribution in [3.63, 3.8) is 0 Å². The minimum absolute atomic E-state index is 0.843. The lowest BCUT2D eigenvalue weighted by atomic mass is 11.8. The molecular formula is C3H10NO5PS. The van der Waals surface area contributed by atoms with Crippen LogP contribution < -0.4 is 0 Å². The summed E-state index contributed by atoms with van der Waals surface area (Å²) in [5.41, 5.74) is 0. The lowest BCUT2D eigenvalue weighted by molar-refractivity contribution is 0.256. The molecule has 0 spiro atoms. The van der Waals surface area contributed by atoms with Gasteiger partial charge >= 0.3 is 7.74 Å². The maximum atomic E-state index is 10.5. The summed E-state index contributed by atoms with van der Waals surface area (Å²) < 4.78 is 32.7. The highest BCUT2D eigenvalue weighted by atomic mass is 32.2. The van der Waals surface area contributed by atoms with Crippen molar-refractivity contribution in [1.29, 1.82) is 0 Å². The summed E-state index contributed by atoms with van der Waals surface area (Å²) in [6, 6.07) is 0. The van der Waals surface area contributed by atoms with Crippen LogP contribution in [-0.2, 0) is 19.1 Å². The van der Waals surface area contributed by atoms with Crippen LogP contribution in [-0.4, -0.2) is 33.8 Å². The van der Waals surface area contributed by atoms with E-state index < -0.39 is 17.8 Å². The van der Waals surface area contributed by atoms with Crippen LogP contribution in [0.4, 0.5) is 0 Å². The Labute approximate surface area is 65.5 Å². The predicted octanol–water partition coefficient (Wildman–Crippen LogP) is 0.177. The van der Waals surface area contributed by atoms with Crippen molar-refractivity contribution in [2.75, 3.05) is 20.5 Å². The number of sulfonamides is 1. The highest BCUT2D eigenvalue weighted by Crippen LogP contribution is 2.46. The third-order valence-corrected chi connectivity index (χ3v) is 3.69. The molecule has 0 heterocycles. The van der Waals surface area contributed by atoms with Gasteiger partial charge in [0.15, 0.2) is 0 Å². The van der Waals surface area contributed by atoms with E-state index >= 15 is 0 Å². The molecule has 8 heteroatoms. The quantitative estimate of drug-likeness (QED) is 0.661. The molecule has 0 rings (SSSR count). The van der Waals surface area contributed by atoms with E-state index in [1.807, 2.05) is 0 Å². The highest BCUT2D eigenvalue weighted by Gasteiger charge is 2.17. The van der Waals surface area contributed by atoms with Gasteiger partial charge in [-0.25, -0.2) is 8.42 Å². The highest BCUT2D eigenvalue weighted by molar-refractivity contribution is 7.92. The molecule has 11 heavy (non-hydrogen) atoms. The Morgan fingerprint density at radius 2 is 1.73 bits per heavy atom. The molecule has 0 aromatic carbocycles. The molecule has 6 nitrogen and oxygen atoms in total. The molecule has 1 N–H and O–H groups in total. The lowest BCUT2D eigenvalue weighted by Crippen LogP contribution is -1.94. The largest absolute Gasteiger partial charge is 0.367 e. The monoisotopic (exact) mass is 203 g/mol. The van der Waals surface area contributed by atoms with Gasteiger partial charge in [0.05, 0.1) is 6.26 Å². The molecule has 0 saturated heterocycles. The number of rotatable bonds is 3. The van der Waals surface area contributed by atoms with Gasteiger partial charge in [0.1, 0.15) is 0 Å². The van der Waals surface area contributed by atoms with E-state index in [1.54, 1.807) is 0 Å². The van der Waals surface area contributed by atoms with Crippen molar-refractivity contribution in [2.45, 2.75) is 0 Å². The SMILES string of the molecule is COP(O)(=NS(C)(=O)=O)OC. The maximum absolute atomic E-state index is 10.5. The molecule has 0 aromatic heterocycles. The number of hydrogen-bond acceptors (Lipinski definition) is 4. The van der Waals surface area contributed by atoms with E-state index in [0.717, 1.165) is 20.5 Å². The molecule has 0 aliphatic heterocycles. The average molecular weight is 203 g/mol. The van der Waals surface area contributed by atoms with Gasteiger partial charge in [0.2, 0.25) is 0 Å². The topological polar surface area (TPSA) is 85.2 Å².